The van der Waals surface area contributed by atoms with Gasteiger partial charge in [-0.25, -0.2) is 4.57 Å². The Kier molecular flexibility index (Phi) is 38.7. The highest BCUT2D eigenvalue weighted by molar-refractivity contribution is 7.47. The molecule has 0 aliphatic heterocycles. The van der Waals surface area contributed by atoms with Crippen LogP contribution in [0.4, 0.5) is 0 Å². The summed E-state index contributed by atoms with van der Waals surface area (Å²) < 4.78 is 32.7. The summed E-state index contributed by atoms with van der Waals surface area (Å²) in [6.45, 7) is 2.82. The van der Waals surface area contributed by atoms with Crippen molar-refractivity contribution in [3.63, 3.8) is 0 Å². The highest BCUT2D eigenvalue weighted by atomic mass is 31.2. The molecule has 0 aromatic rings. The third-order valence-corrected chi connectivity index (χ3v) is 11.0. The number of hydrogen-bond acceptors (Lipinski definition) is 9. The van der Waals surface area contributed by atoms with E-state index < -0.39 is 51.1 Å². The van der Waals surface area contributed by atoms with Gasteiger partial charge >= 0.3 is 25.7 Å². The van der Waals surface area contributed by atoms with Crippen molar-refractivity contribution >= 4 is 25.7 Å². The van der Waals surface area contributed by atoms with E-state index in [0.717, 1.165) is 38.5 Å². The lowest BCUT2D eigenvalue weighted by Crippen LogP contribution is -2.34. The van der Waals surface area contributed by atoms with Gasteiger partial charge in [-0.3, -0.25) is 23.4 Å². The third-order valence-electron chi connectivity index (χ3n) is 10.0. The van der Waals surface area contributed by atoms with Gasteiger partial charge in [0.15, 0.2) is 6.10 Å². The summed E-state index contributed by atoms with van der Waals surface area (Å²) in [5.74, 6) is -2.37. The van der Waals surface area contributed by atoms with Crippen molar-refractivity contribution in [1.29, 1.82) is 0 Å². The number of nitrogens with two attached hydrogens (primary N) is 1. The van der Waals surface area contributed by atoms with Crippen LogP contribution >= 0.6 is 7.82 Å². The van der Waals surface area contributed by atoms with E-state index in [-0.39, 0.29) is 19.4 Å². The summed E-state index contributed by atoms with van der Waals surface area (Å²) in [6, 6.07) is -1.52. The molecule has 0 saturated carbocycles. The second-order valence-corrected chi connectivity index (χ2v) is 17.0. The molecule has 0 aliphatic rings. The molecule has 0 rings (SSSR count). The minimum Gasteiger partial charge on any atom is -0.480 e. The number of esters is 2. The first kappa shape index (κ1) is 54.2. The van der Waals surface area contributed by atoms with E-state index in [0.29, 0.717) is 12.8 Å². The molecule has 330 valence electrons. The molecule has 56 heavy (non-hydrogen) atoms. The number of phosphoric acid groups is 1. The van der Waals surface area contributed by atoms with Crippen LogP contribution in [0.25, 0.3) is 0 Å². The summed E-state index contributed by atoms with van der Waals surface area (Å²) >= 11 is 0. The van der Waals surface area contributed by atoms with Gasteiger partial charge < -0.3 is 25.2 Å². The Morgan fingerprint density at radius 2 is 0.893 bits per heavy atom. The van der Waals surface area contributed by atoms with Gasteiger partial charge in [-0.2, -0.15) is 0 Å². The van der Waals surface area contributed by atoms with E-state index in [4.69, 9.17) is 24.8 Å². The van der Waals surface area contributed by atoms with Crippen molar-refractivity contribution in [1.82, 2.24) is 0 Å². The molecule has 0 radical (unpaired) electrons. The number of phosphoric ester groups is 1. The standard InChI is InChI=1S/C44H84NO10P/c1-3-5-7-9-11-13-15-17-18-19-20-21-22-24-26-28-30-32-34-36-43(47)55-40(38-53-56(50,51)54-39-41(45)44(48)49)37-52-42(46)35-33-31-29-27-25-23-16-14-12-10-8-6-4-2/h17-18,40-41H,3-16,19-39,45H2,1-2H3,(H,48,49)(H,50,51)/b18-17+/t40-,41-/m0/s1. The molecule has 12 heteroatoms. The van der Waals surface area contributed by atoms with E-state index in [9.17, 15) is 23.8 Å². The number of carbonyl (C=O) groups is 3. The zero-order chi connectivity index (χ0) is 41.4. The van der Waals surface area contributed by atoms with Crippen LogP contribution in [-0.4, -0.2) is 59.9 Å². The fraction of sp³-hybridized carbons (Fsp3) is 0.886. The molecule has 0 spiro atoms. The predicted octanol–water partition coefficient (Wildman–Crippen LogP) is 12.1. The van der Waals surface area contributed by atoms with Crippen molar-refractivity contribution < 1.29 is 47.5 Å². The molecule has 11 nitrogen and oxygen atoms in total. The molecule has 0 amide bonds. The van der Waals surface area contributed by atoms with E-state index in [2.05, 4.69) is 30.5 Å². The van der Waals surface area contributed by atoms with E-state index in [1.807, 2.05) is 0 Å². The van der Waals surface area contributed by atoms with Gasteiger partial charge in [0.25, 0.3) is 0 Å². The van der Waals surface area contributed by atoms with Crippen LogP contribution < -0.4 is 5.73 Å². The molecule has 0 fully saturated rings. The van der Waals surface area contributed by atoms with Gasteiger partial charge in [-0.05, 0) is 38.5 Å². The zero-order valence-corrected chi connectivity index (χ0v) is 36.6. The smallest absolute Gasteiger partial charge is 0.472 e. The minimum atomic E-state index is -4.71. The molecular formula is C44H84NO10P. The lowest BCUT2D eigenvalue weighted by molar-refractivity contribution is -0.161. The monoisotopic (exact) mass is 818 g/mol. The Morgan fingerprint density at radius 1 is 0.536 bits per heavy atom. The first-order valence-corrected chi connectivity index (χ1v) is 24.2. The molecule has 0 bridgehead atoms. The molecule has 0 aromatic heterocycles. The molecule has 0 aromatic carbocycles. The summed E-state index contributed by atoms with van der Waals surface area (Å²) in [5, 5.41) is 8.89. The summed E-state index contributed by atoms with van der Waals surface area (Å²) in [4.78, 5) is 46.0. The molecule has 0 heterocycles. The van der Waals surface area contributed by atoms with Crippen molar-refractivity contribution in [3.8, 4) is 0 Å². The maximum atomic E-state index is 12.6. The number of allylic oxidation sites excluding steroid dienone is 2. The fourth-order valence-corrected chi connectivity index (χ4v) is 7.19. The minimum absolute atomic E-state index is 0.163. The first-order chi connectivity index (χ1) is 27.1. The number of ether oxygens (including phenoxy) is 2. The maximum Gasteiger partial charge on any atom is 0.472 e. The quantitative estimate of drug-likeness (QED) is 0.0231. The summed E-state index contributed by atoms with van der Waals surface area (Å²) in [5.41, 5.74) is 5.34. The van der Waals surface area contributed by atoms with E-state index >= 15 is 0 Å². The van der Waals surface area contributed by atoms with Gasteiger partial charge in [0.05, 0.1) is 13.2 Å². The third kappa shape index (κ3) is 39.1. The number of carboxylic acid groups (broad SMARTS) is 1. The van der Waals surface area contributed by atoms with Gasteiger partial charge in [-0.15, -0.1) is 0 Å². The Balaban J connectivity index is 4.29. The fourth-order valence-electron chi connectivity index (χ4n) is 6.41. The summed E-state index contributed by atoms with van der Waals surface area (Å²) in [6.07, 6.45) is 39.8. The number of rotatable bonds is 43. The van der Waals surface area contributed by atoms with Crippen LogP contribution in [0.1, 0.15) is 219 Å². The Morgan fingerprint density at radius 3 is 1.30 bits per heavy atom. The molecular weight excluding hydrogens is 733 g/mol. The summed E-state index contributed by atoms with van der Waals surface area (Å²) in [7, 11) is -4.71. The largest absolute Gasteiger partial charge is 0.480 e. The van der Waals surface area contributed by atoms with E-state index in [1.54, 1.807) is 0 Å². The van der Waals surface area contributed by atoms with Gasteiger partial charge in [-0.1, -0.05) is 180 Å². The van der Waals surface area contributed by atoms with Crippen LogP contribution in [0.15, 0.2) is 12.2 Å². The zero-order valence-electron chi connectivity index (χ0n) is 35.7. The molecule has 0 aliphatic carbocycles. The topological polar surface area (TPSA) is 172 Å². The van der Waals surface area contributed by atoms with Crippen LogP contribution in [0.5, 0.6) is 0 Å². The van der Waals surface area contributed by atoms with Crippen LogP contribution in [-0.2, 0) is 37.5 Å². The van der Waals surface area contributed by atoms with Crippen LogP contribution in [0, 0.1) is 0 Å². The number of carbonyl (C=O) groups excluding carboxylic acids is 2. The van der Waals surface area contributed by atoms with E-state index in [1.165, 1.54) is 141 Å². The highest BCUT2D eigenvalue weighted by Gasteiger charge is 2.28. The number of unbranched alkanes of at least 4 members (excludes halogenated alkanes) is 27. The highest BCUT2D eigenvalue weighted by Crippen LogP contribution is 2.43. The molecule has 3 atom stereocenters. The normalized spacial score (nSPS) is 13.8. The number of hydrogen-bond donors (Lipinski definition) is 3. The molecule has 4 N–H and O–H groups in total. The van der Waals surface area contributed by atoms with Crippen molar-refractivity contribution in [2.24, 2.45) is 5.73 Å². The second kappa shape index (κ2) is 40.0. The first-order valence-electron chi connectivity index (χ1n) is 22.7. The molecule has 0 saturated heterocycles. The number of aliphatic carboxylic acids is 1. The Hall–Kier alpha value is -1.78. The maximum absolute atomic E-state index is 12.6. The van der Waals surface area contributed by atoms with Crippen LogP contribution in [0.3, 0.4) is 0 Å². The molecule has 1 unspecified atom stereocenters. The van der Waals surface area contributed by atoms with Crippen molar-refractivity contribution in [2.75, 3.05) is 19.8 Å². The average Bonchev–Trinajstić information content (AvgIpc) is 3.17. The van der Waals surface area contributed by atoms with Gasteiger partial charge in [0, 0.05) is 12.8 Å². The predicted molar refractivity (Wildman–Crippen MR) is 226 cm³/mol. The van der Waals surface area contributed by atoms with Crippen molar-refractivity contribution in [2.45, 2.75) is 231 Å². The van der Waals surface area contributed by atoms with Crippen molar-refractivity contribution in [3.05, 3.63) is 12.2 Å². The van der Waals surface area contributed by atoms with Gasteiger partial charge in [0.1, 0.15) is 12.6 Å². The SMILES string of the molecule is CCCCCCCC/C=C/CCCCCCCCCCCC(=O)O[C@@H](COC(=O)CCCCCCCCCCCCCCC)COP(=O)(O)OC[C@H](N)C(=O)O. The van der Waals surface area contributed by atoms with Crippen LogP contribution in [0.2, 0.25) is 0 Å². The van der Waals surface area contributed by atoms with Gasteiger partial charge in [0.2, 0.25) is 0 Å². The average molecular weight is 818 g/mol. The number of carboxylic acids is 1. The lowest BCUT2D eigenvalue weighted by Gasteiger charge is -2.20. The Bertz CT molecular complexity index is 1010. The Labute approximate surface area is 341 Å². The second-order valence-electron chi connectivity index (χ2n) is 15.5. The lowest BCUT2D eigenvalue weighted by atomic mass is 10.0.